The molecule has 0 aromatic heterocycles. The Morgan fingerprint density at radius 2 is 0.967 bits per heavy atom. The molecule has 4 atom stereocenters. The van der Waals surface area contributed by atoms with Crippen molar-refractivity contribution in [1.82, 2.24) is 10.6 Å². The highest BCUT2D eigenvalue weighted by molar-refractivity contribution is 6.61. The molecule has 2 N–H and O–H groups in total. The van der Waals surface area contributed by atoms with Gasteiger partial charge in [-0.3, -0.25) is 0 Å². The average Bonchev–Trinajstić information content (AvgIpc) is 4.02. The molecule has 0 saturated heterocycles. The van der Waals surface area contributed by atoms with Crippen LogP contribution in [0.4, 0.5) is 9.59 Å². The minimum Gasteiger partial charge on any atom is -0.474 e. The number of fused-ring (bicyclic) bond motifs is 6. The molecule has 336 valence electrons. The monoisotopic (exact) mass is 884 g/mol. The predicted molar refractivity (Wildman–Crippen MR) is 232 cm³/mol. The van der Waals surface area contributed by atoms with Gasteiger partial charge in [-0.15, -0.1) is 0 Å². The van der Waals surface area contributed by atoms with Crippen LogP contribution in [0.1, 0.15) is 88.7 Å². The lowest BCUT2D eigenvalue weighted by Crippen LogP contribution is -2.51. The number of alkyl carbamates (subject to hydrolysis) is 2. The van der Waals surface area contributed by atoms with Gasteiger partial charge < -0.3 is 56.1 Å². The van der Waals surface area contributed by atoms with E-state index in [4.69, 9.17) is 55.5 Å². The van der Waals surface area contributed by atoms with Crippen LogP contribution in [0.3, 0.4) is 0 Å². The Morgan fingerprint density at radius 3 is 1.33 bits per heavy atom. The van der Waals surface area contributed by atoms with Gasteiger partial charge in [0.05, 0.1) is 0 Å². The van der Waals surface area contributed by atoms with Crippen molar-refractivity contribution in [3.8, 4) is 0 Å². The van der Waals surface area contributed by atoms with Gasteiger partial charge in [-0.2, -0.15) is 0 Å². The van der Waals surface area contributed by atoms with Crippen molar-refractivity contribution in [2.45, 2.75) is 104 Å². The maximum Gasteiger partial charge on any atom is 0.500 e. The van der Waals surface area contributed by atoms with Crippen LogP contribution in [-0.4, -0.2) is 120 Å². The van der Waals surface area contributed by atoms with E-state index in [2.05, 4.69) is 34.9 Å². The molecule has 2 heterocycles. The summed E-state index contributed by atoms with van der Waals surface area (Å²) in [5.74, 6) is 0.484. The van der Waals surface area contributed by atoms with Gasteiger partial charge in [0.1, 0.15) is 37.5 Å². The largest absolute Gasteiger partial charge is 0.500 e. The minimum atomic E-state index is -2.91. The normalized spacial score (nSPS) is 20.1. The van der Waals surface area contributed by atoms with Crippen LogP contribution in [0, 0.1) is 5.41 Å². The first-order valence-electron chi connectivity index (χ1n) is 22.0. The first-order valence-corrected chi connectivity index (χ1v) is 25.8. The van der Waals surface area contributed by atoms with Crippen LogP contribution in [-0.2, 0) is 58.3 Å². The minimum absolute atomic E-state index is 0.242. The molecule has 2 aliphatic heterocycles. The Morgan fingerprint density at radius 1 is 0.607 bits per heavy atom. The van der Waals surface area contributed by atoms with Gasteiger partial charge in [0.2, 0.25) is 11.8 Å². The summed E-state index contributed by atoms with van der Waals surface area (Å²) in [7, 11) is -5.82. The third kappa shape index (κ3) is 11.0. The molecular weight excluding hydrogens is 821 g/mol. The Bertz CT molecular complexity index is 1670. The molecule has 0 spiro atoms. The zero-order valence-corrected chi connectivity index (χ0v) is 38.5. The Kier molecular flexibility index (Phi) is 16.8. The summed E-state index contributed by atoms with van der Waals surface area (Å²) in [6.07, 6.45) is 0.412. The number of nitrogens with one attached hydrogen (secondary N) is 2. The van der Waals surface area contributed by atoms with E-state index >= 15 is 0 Å². The Hall–Kier alpha value is -3.89. The standard InChI is InChI=1S/C43H64N4O12Si2/c1-7-52-60(53-8-2,54-9-3)25-17-23-44-41(48)50-29-43(39-46-37-33-21-15-13-19-31(33)27-35(37)58-39,40-47-38-34-22-16-14-20-32(34)28-36(38)59-40)30-51-42(49)45-24-18-26-61(55-10-4,56-11-5)57-12-6/h13-16,19-22,35-38H,7-12,17-18,23-30H2,1-6H3,(H,44,48)(H,45,49)/t35-,36-,37+,38+/m0/s1. The highest BCUT2D eigenvalue weighted by Gasteiger charge is 2.57. The van der Waals surface area contributed by atoms with Crippen molar-refractivity contribution in [2.75, 3.05) is 65.9 Å². The van der Waals surface area contributed by atoms with E-state index in [9.17, 15) is 9.59 Å². The first-order chi connectivity index (χ1) is 29.7. The summed E-state index contributed by atoms with van der Waals surface area (Å²) >= 11 is 0. The van der Waals surface area contributed by atoms with Crippen LogP contribution in [0.5, 0.6) is 0 Å². The van der Waals surface area contributed by atoms with Crippen molar-refractivity contribution < 1.29 is 55.1 Å². The fourth-order valence-electron chi connectivity index (χ4n) is 8.52. The number of rotatable bonds is 26. The fourth-order valence-corrected chi connectivity index (χ4v) is 13.7. The maximum absolute atomic E-state index is 13.5. The predicted octanol–water partition coefficient (Wildman–Crippen LogP) is 6.49. The number of hydrogen-bond acceptors (Lipinski definition) is 14. The number of hydrogen-bond donors (Lipinski definition) is 2. The van der Waals surface area contributed by atoms with Gasteiger partial charge in [-0.05, 0) is 76.6 Å². The van der Waals surface area contributed by atoms with Crippen LogP contribution < -0.4 is 10.6 Å². The molecule has 2 amide bonds. The van der Waals surface area contributed by atoms with Crippen molar-refractivity contribution in [3.05, 3.63) is 70.8 Å². The lowest BCUT2D eigenvalue weighted by molar-refractivity contribution is 0.0591. The quantitative estimate of drug-likeness (QED) is 0.0778. The number of aliphatic imine (C=N–C) groups is 2. The lowest BCUT2D eigenvalue weighted by atomic mass is 9.88. The van der Waals surface area contributed by atoms with E-state index < -0.39 is 35.2 Å². The van der Waals surface area contributed by atoms with Gasteiger partial charge in [0.25, 0.3) is 0 Å². The summed E-state index contributed by atoms with van der Waals surface area (Å²) < 4.78 is 61.4. The van der Waals surface area contributed by atoms with Crippen molar-refractivity contribution >= 4 is 41.6 Å². The molecule has 2 aromatic carbocycles. The molecule has 16 nitrogen and oxygen atoms in total. The highest BCUT2D eigenvalue weighted by Crippen LogP contribution is 2.47. The van der Waals surface area contributed by atoms with Gasteiger partial charge in [-0.1, -0.05) is 48.5 Å². The second-order valence-corrected chi connectivity index (χ2v) is 20.6. The number of carbonyl (C=O) groups is 2. The van der Waals surface area contributed by atoms with Crippen LogP contribution >= 0.6 is 0 Å². The van der Waals surface area contributed by atoms with Crippen molar-refractivity contribution in [1.29, 1.82) is 0 Å². The van der Waals surface area contributed by atoms with Crippen LogP contribution in [0.15, 0.2) is 58.5 Å². The molecule has 6 rings (SSSR count). The van der Waals surface area contributed by atoms with E-state index in [-0.39, 0.29) is 62.4 Å². The summed E-state index contributed by atoms with van der Waals surface area (Å²) in [4.78, 5) is 37.4. The number of amides is 2. The maximum atomic E-state index is 13.5. The number of carbonyl (C=O) groups excluding carboxylic acids is 2. The van der Waals surface area contributed by atoms with E-state index in [1.165, 1.54) is 0 Å². The molecule has 0 radical (unpaired) electrons. The first kappa shape index (κ1) is 46.6. The lowest BCUT2D eigenvalue weighted by Gasteiger charge is -2.32. The molecular formula is C43H64N4O12Si2. The SMILES string of the molecule is CCO[Si](CCCNC(=O)OCC(COC(=O)NCCC[Si](OCC)(OCC)OCC)(C1=N[C@@H]2c3ccccc3C[C@@H]2O1)C1=N[C@@H]2c3ccccc3C[C@@H]2O1)(OCC)OCC. The molecule has 2 aliphatic carbocycles. The van der Waals surface area contributed by atoms with Gasteiger partial charge in [0, 0.05) is 77.7 Å². The van der Waals surface area contributed by atoms with Crippen LogP contribution in [0.2, 0.25) is 12.1 Å². The Balaban J connectivity index is 1.23. The third-order valence-corrected chi connectivity index (χ3v) is 17.4. The third-order valence-electron chi connectivity index (χ3n) is 11.1. The molecule has 0 saturated carbocycles. The molecule has 0 unspecified atom stereocenters. The fraction of sp³-hybridized carbons (Fsp3) is 0.628. The van der Waals surface area contributed by atoms with E-state index in [1.54, 1.807) is 0 Å². The summed E-state index contributed by atoms with van der Waals surface area (Å²) in [6, 6.07) is 16.7. The zero-order chi connectivity index (χ0) is 43.3. The van der Waals surface area contributed by atoms with Gasteiger partial charge in [0.15, 0.2) is 5.41 Å². The number of ether oxygens (including phenoxy) is 4. The Labute approximate surface area is 362 Å². The zero-order valence-electron chi connectivity index (χ0n) is 36.5. The molecule has 0 fully saturated rings. The molecule has 18 heteroatoms. The molecule has 4 aliphatic rings. The number of benzene rings is 2. The van der Waals surface area contributed by atoms with Crippen molar-refractivity contribution in [2.24, 2.45) is 15.4 Å². The summed E-state index contributed by atoms with van der Waals surface area (Å²) in [5.41, 5.74) is 2.94. The average molecular weight is 885 g/mol. The summed E-state index contributed by atoms with van der Waals surface area (Å²) in [5, 5.41) is 5.73. The van der Waals surface area contributed by atoms with Crippen LogP contribution in [0.25, 0.3) is 0 Å². The smallest absolute Gasteiger partial charge is 0.474 e. The number of nitrogens with zero attached hydrogens (tertiary/aromatic N) is 2. The topological polar surface area (TPSA) is 175 Å². The molecule has 0 bridgehead atoms. The molecule has 2 aromatic rings. The van der Waals surface area contributed by atoms with E-state index in [0.29, 0.717) is 77.4 Å². The van der Waals surface area contributed by atoms with E-state index in [0.717, 1.165) is 22.3 Å². The summed E-state index contributed by atoms with van der Waals surface area (Å²) in [6.45, 7) is 14.1. The van der Waals surface area contributed by atoms with Gasteiger partial charge in [-0.25, -0.2) is 19.6 Å². The van der Waals surface area contributed by atoms with Gasteiger partial charge >= 0.3 is 29.8 Å². The van der Waals surface area contributed by atoms with E-state index in [1.807, 2.05) is 65.8 Å². The second-order valence-electron chi connectivity index (χ2n) is 15.1. The van der Waals surface area contributed by atoms with Crippen molar-refractivity contribution in [3.63, 3.8) is 0 Å². The highest BCUT2D eigenvalue weighted by atomic mass is 28.4. The second kappa shape index (κ2) is 22.0. The molecule has 61 heavy (non-hydrogen) atoms.